The Morgan fingerprint density at radius 3 is 2.95 bits per heavy atom. The molecule has 106 valence electrons. The SMILES string of the molecule is CC1CN(C)CCC1NC1CCCc2c1cnn2C. The molecule has 1 aromatic heterocycles. The van der Waals surface area contributed by atoms with E-state index in [-0.39, 0.29) is 0 Å². The van der Waals surface area contributed by atoms with Crippen LogP contribution in [0.2, 0.25) is 0 Å². The van der Waals surface area contributed by atoms with Crippen LogP contribution in [0.3, 0.4) is 0 Å². The van der Waals surface area contributed by atoms with Crippen molar-refractivity contribution in [2.75, 3.05) is 20.1 Å². The lowest BCUT2D eigenvalue weighted by atomic mass is 9.88. The van der Waals surface area contributed by atoms with E-state index in [0.717, 1.165) is 5.92 Å². The van der Waals surface area contributed by atoms with Gasteiger partial charge >= 0.3 is 0 Å². The first-order valence-electron chi connectivity index (χ1n) is 7.60. The van der Waals surface area contributed by atoms with Crippen LogP contribution in [0.4, 0.5) is 0 Å². The van der Waals surface area contributed by atoms with Crippen molar-refractivity contribution in [2.24, 2.45) is 13.0 Å². The van der Waals surface area contributed by atoms with Crippen molar-refractivity contribution >= 4 is 0 Å². The summed E-state index contributed by atoms with van der Waals surface area (Å²) in [7, 11) is 4.30. The minimum Gasteiger partial charge on any atom is -0.307 e. The third-order valence-corrected chi connectivity index (χ3v) is 4.90. The molecule has 19 heavy (non-hydrogen) atoms. The Bertz CT molecular complexity index is 439. The smallest absolute Gasteiger partial charge is 0.0540 e. The van der Waals surface area contributed by atoms with Gasteiger partial charge in [0.25, 0.3) is 0 Å². The molecule has 0 bridgehead atoms. The molecule has 3 atom stereocenters. The quantitative estimate of drug-likeness (QED) is 0.881. The van der Waals surface area contributed by atoms with E-state index in [4.69, 9.17) is 0 Å². The summed E-state index contributed by atoms with van der Waals surface area (Å²) in [4.78, 5) is 2.44. The van der Waals surface area contributed by atoms with Gasteiger partial charge in [-0.15, -0.1) is 0 Å². The fraction of sp³-hybridized carbons (Fsp3) is 0.800. The molecule has 1 aliphatic heterocycles. The van der Waals surface area contributed by atoms with Gasteiger partial charge in [0.1, 0.15) is 0 Å². The zero-order chi connectivity index (χ0) is 13.4. The van der Waals surface area contributed by atoms with E-state index in [1.165, 1.54) is 50.0 Å². The number of nitrogens with zero attached hydrogens (tertiary/aromatic N) is 3. The highest BCUT2D eigenvalue weighted by molar-refractivity contribution is 5.24. The summed E-state index contributed by atoms with van der Waals surface area (Å²) in [5.74, 6) is 0.737. The molecule has 0 saturated carbocycles. The molecule has 1 N–H and O–H groups in total. The molecular formula is C15H26N4. The van der Waals surface area contributed by atoms with Gasteiger partial charge in [0.2, 0.25) is 0 Å². The number of nitrogens with one attached hydrogen (secondary N) is 1. The van der Waals surface area contributed by atoms with Gasteiger partial charge in [-0.2, -0.15) is 5.10 Å². The molecule has 4 heteroatoms. The molecule has 1 aliphatic carbocycles. The van der Waals surface area contributed by atoms with Crippen LogP contribution in [0.1, 0.15) is 43.5 Å². The molecule has 3 unspecified atom stereocenters. The van der Waals surface area contributed by atoms with Gasteiger partial charge < -0.3 is 10.2 Å². The maximum absolute atomic E-state index is 4.44. The highest BCUT2D eigenvalue weighted by Crippen LogP contribution is 2.31. The molecule has 4 nitrogen and oxygen atoms in total. The molecular weight excluding hydrogens is 236 g/mol. The maximum Gasteiger partial charge on any atom is 0.0540 e. The second kappa shape index (κ2) is 5.25. The van der Waals surface area contributed by atoms with Crippen molar-refractivity contribution in [3.63, 3.8) is 0 Å². The van der Waals surface area contributed by atoms with Gasteiger partial charge in [0.05, 0.1) is 6.20 Å². The number of aryl methyl sites for hydroxylation is 1. The van der Waals surface area contributed by atoms with E-state index in [1.54, 1.807) is 0 Å². The molecule has 2 aliphatic rings. The number of aromatic nitrogens is 2. The lowest BCUT2D eigenvalue weighted by molar-refractivity contribution is 0.163. The van der Waals surface area contributed by atoms with Gasteiger partial charge in [-0.1, -0.05) is 6.92 Å². The predicted molar refractivity (Wildman–Crippen MR) is 77.1 cm³/mol. The fourth-order valence-corrected chi connectivity index (χ4v) is 3.74. The van der Waals surface area contributed by atoms with Crippen molar-refractivity contribution in [1.29, 1.82) is 0 Å². The van der Waals surface area contributed by atoms with Gasteiger partial charge in [0.15, 0.2) is 0 Å². The average molecular weight is 262 g/mol. The molecule has 1 saturated heterocycles. The lowest BCUT2D eigenvalue weighted by Gasteiger charge is -2.38. The van der Waals surface area contributed by atoms with Crippen LogP contribution >= 0.6 is 0 Å². The Labute approximate surface area is 116 Å². The number of rotatable bonds is 2. The van der Waals surface area contributed by atoms with E-state index in [2.05, 4.69) is 47.2 Å². The van der Waals surface area contributed by atoms with E-state index in [0.29, 0.717) is 12.1 Å². The van der Waals surface area contributed by atoms with Crippen LogP contribution in [0, 0.1) is 5.92 Å². The molecule has 3 rings (SSSR count). The van der Waals surface area contributed by atoms with E-state index in [9.17, 15) is 0 Å². The van der Waals surface area contributed by atoms with Crippen molar-refractivity contribution in [2.45, 2.75) is 44.7 Å². The van der Waals surface area contributed by atoms with Gasteiger partial charge in [-0.3, -0.25) is 4.68 Å². The molecule has 0 aromatic carbocycles. The number of fused-ring (bicyclic) bond motifs is 1. The lowest BCUT2D eigenvalue weighted by Crippen LogP contribution is -2.48. The summed E-state index contributed by atoms with van der Waals surface area (Å²) in [6.45, 7) is 4.80. The highest BCUT2D eigenvalue weighted by atomic mass is 15.3. The van der Waals surface area contributed by atoms with Crippen LogP contribution < -0.4 is 5.32 Å². The van der Waals surface area contributed by atoms with Crippen LogP contribution in [0.5, 0.6) is 0 Å². The number of hydrogen-bond acceptors (Lipinski definition) is 3. The topological polar surface area (TPSA) is 33.1 Å². The van der Waals surface area contributed by atoms with E-state index in [1.807, 2.05) is 0 Å². The van der Waals surface area contributed by atoms with Gasteiger partial charge in [-0.25, -0.2) is 0 Å². The van der Waals surface area contributed by atoms with Crippen LogP contribution in [-0.4, -0.2) is 40.9 Å². The summed E-state index contributed by atoms with van der Waals surface area (Å²) in [5, 5.41) is 8.36. The Morgan fingerprint density at radius 1 is 1.32 bits per heavy atom. The standard InChI is InChI=1S/C15H26N4/c1-11-10-18(2)8-7-13(11)17-14-5-4-6-15-12(14)9-16-19(15)3/h9,11,13-14,17H,4-8,10H2,1-3H3. The normalized spacial score (nSPS) is 32.3. The first-order chi connectivity index (χ1) is 9.15. The van der Waals surface area contributed by atoms with Gasteiger partial charge in [-0.05, 0) is 45.2 Å². The second-order valence-electron chi connectivity index (χ2n) is 6.42. The first kappa shape index (κ1) is 13.1. The minimum atomic E-state index is 0.522. The Kier molecular flexibility index (Phi) is 3.63. The summed E-state index contributed by atoms with van der Waals surface area (Å²) in [6, 6.07) is 1.18. The molecule has 0 amide bonds. The molecule has 0 spiro atoms. The van der Waals surface area contributed by atoms with E-state index < -0.39 is 0 Å². The van der Waals surface area contributed by atoms with Crippen LogP contribution in [0.25, 0.3) is 0 Å². The summed E-state index contributed by atoms with van der Waals surface area (Å²) >= 11 is 0. The summed E-state index contributed by atoms with van der Waals surface area (Å²) in [5.41, 5.74) is 2.88. The van der Waals surface area contributed by atoms with Crippen LogP contribution in [-0.2, 0) is 13.5 Å². The molecule has 0 radical (unpaired) electrons. The molecule has 2 heterocycles. The van der Waals surface area contributed by atoms with E-state index >= 15 is 0 Å². The minimum absolute atomic E-state index is 0.522. The number of hydrogen-bond donors (Lipinski definition) is 1. The Balaban J connectivity index is 1.71. The maximum atomic E-state index is 4.44. The Hall–Kier alpha value is -0.870. The van der Waals surface area contributed by atoms with Gasteiger partial charge in [0, 0.05) is 36.9 Å². The number of piperidine rings is 1. The summed E-state index contributed by atoms with van der Waals surface area (Å²) in [6.07, 6.45) is 7.07. The van der Waals surface area contributed by atoms with Crippen molar-refractivity contribution in [3.05, 3.63) is 17.5 Å². The van der Waals surface area contributed by atoms with Crippen LogP contribution in [0.15, 0.2) is 6.20 Å². The predicted octanol–water partition coefficient (Wildman–Crippen LogP) is 1.73. The monoisotopic (exact) mass is 262 g/mol. The first-order valence-corrected chi connectivity index (χ1v) is 7.60. The number of likely N-dealkylation sites (tertiary alicyclic amines) is 1. The fourth-order valence-electron chi connectivity index (χ4n) is 3.74. The average Bonchev–Trinajstić information content (AvgIpc) is 2.76. The summed E-state index contributed by atoms with van der Waals surface area (Å²) < 4.78 is 2.06. The third kappa shape index (κ3) is 2.56. The molecule has 1 fully saturated rings. The third-order valence-electron chi connectivity index (χ3n) is 4.90. The zero-order valence-electron chi connectivity index (χ0n) is 12.4. The largest absolute Gasteiger partial charge is 0.307 e. The highest BCUT2D eigenvalue weighted by Gasteiger charge is 2.29. The van der Waals surface area contributed by atoms with Crippen molar-refractivity contribution in [1.82, 2.24) is 20.0 Å². The Morgan fingerprint density at radius 2 is 2.16 bits per heavy atom. The zero-order valence-corrected chi connectivity index (χ0v) is 12.4. The molecule has 1 aromatic rings. The van der Waals surface area contributed by atoms with Crippen molar-refractivity contribution < 1.29 is 0 Å². The second-order valence-corrected chi connectivity index (χ2v) is 6.42. The van der Waals surface area contributed by atoms with Crippen molar-refractivity contribution in [3.8, 4) is 0 Å².